The second-order valence-electron chi connectivity index (χ2n) is 3.58. The molecule has 0 aliphatic carbocycles. The molecule has 1 N–H and O–H groups in total. The first-order valence-corrected chi connectivity index (χ1v) is 4.86. The molecule has 18 heavy (non-hydrogen) atoms. The maximum absolute atomic E-state index is 12.7. The van der Waals surface area contributed by atoms with Gasteiger partial charge in [0, 0.05) is 5.56 Å². The fourth-order valence-electron chi connectivity index (χ4n) is 1.57. The van der Waals surface area contributed by atoms with Crippen LogP contribution in [0.25, 0.3) is 11.1 Å². The van der Waals surface area contributed by atoms with E-state index in [-0.39, 0.29) is 5.56 Å². The Morgan fingerprint density at radius 3 is 2.39 bits per heavy atom. The fourth-order valence-corrected chi connectivity index (χ4v) is 1.57. The number of rotatable bonds is 2. The van der Waals surface area contributed by atoms with Crippen LogP contribution < -0.4 is 0 Å². The highest BCUT2D eigenvalue weighted by Gasteiger charge is 2.35. The summed E-state index contributed by atoms with van der Waals surface area (Å²) in [6, 6.07) is 4.54. The van der Waals surface area contributed by atoms with Gasteiger partial charge in [-0.2, -0.15) is 13.2 Å². The first-order chi connectivity index (χ1) is 8.39. The number of aromatic carboxylic acids is 1. The van der Waals surface area contributed by atoms with E-state index < -0.39 is 23.3 Å². The van der Waals surface area contributed by atoms with Crippen molar-refractivity contribution in [1.29, 1.82) is 0 Å². The topological polar surface area (TPSA) is 50.4 Å². The lowest BCUT2D eigenvalue weighted by Crippen LogP contribution is -2.12. The van der Waals surface area contributed by atoms with Gasteiger partial charge < -0.3 is 9.52 Å². The number of furan rings is 1. The fraction of sp³-hybridized carbons (Fsp3) is 0.0833. The molecule has 94 valence electrons. The highest BCUT2D eigenvalue weighted by atomic mass is 19.4. The molecule has 2 rings (SSSR count). The number of carboxylic acid groups (broad SMARTS) is 1. The van der Waals surface area contributed by atoms with E-state index in [0.717, 1.165) is 12.1 Å². The van der Waals surface area contributed by atoms with Crippen molar-refractivity contribution in [3.8, 4) is 11.1 Å². The maximum atomic E-state index is 12.7. The van der Waals surface area contributed by atoms with Crippen molar-refractivity contribution in [2.45, 2.75) is 6.18 Å². The summed E-state index contributed by atoms with van der Waals surface area (Å²) >= 11 is 0. The quantitative estimate of drug-likeness (QED) is 0.891. The third kappa shape index (κ3) is 2.22. The van der Waals surface area contributed by atoms with Crippen LogP contribution in [-0.2, 0) is 6.18 Å². The molecule has 1 heterocycles. The summed E-state index contributed by atoms with van der Waals surface area (Å²) in [5.74, 6) is -1.61. The number of hydrogen-bond acceptors (Lipinski definition) is 2. The minimum absolute atomic E-state index is 0.251. The predicted molar refractivity (Wildman–Crippen MR) is 56.1 cm³/mol. The minimum Gasteiger partial charge on any atom is -0.478 e. The van der Waals surface area contributed by atoms with E-state index >= 15 is 0 Å². The summed E-state index contributed by atoms with van der Waals surface area (Å²) in [6.45, 7) is 0. The average molecular weight is 256 g/mol. The van der Waals surface area contributed by atoms with Gasteiger partial charge in [0.15, 0.2) is 0 Å². The van der Waals surface area contributed by atoms with Crippen molar-refractivity contribution in [2.24, 2.45) is 0 Å². The van der Waals surface area contributed by atoms with Gasteiger partial charge in [-0.05, 0) is 23.8 Å². The molecule has 0 aliphatic heterocycles. The van der Waals surface area contributed by atoms with Gasteiger partial charge in [-0.3, -0.25) is 0 Å². The number of carboxylic acids is 1. The van der Waals surface area contributed by atoms with Gasteiger partial charge in [-0.1, -0.05) is 6.07 Å². The minimum atomic E-state index is -4.71. The first-order valence-electron chi connectivity index (χ1n) is 4.86. The third-order valence-electron chi connectivity index (χ3n) is 2.41. The Balaban J connectivity index is 2.60. The Morgan fingerprint density at radius 1 is 1.17 bits per heavy atom. The lowest BCUT2D eigenvalue weighted by molar-refractivity contribution is -0.138. The summed E-state index contributed by atoms with van der Waals surface area (Å²) in [4.78, 5) is 10.7. The largest absolute Gasteiger partial charge is 0.478 e. The zero-order chi connectivity index (χ0) is 13.3. The van der Waals surface area contributed by atoms with Crippen LogP contribution in [0, 0.1) is 0 Å². The third-order valence-corrected chi connectivity index (χ3v) is 2.41. The smallest absolute Gasteiger partial charge is 0.417 e. The summed E-state index contributed by atoms with van der Waals surface area (Å²) in [5.41, 5.74) is -1.23. The molecule has 0 radical (unpaired) electrons. The normalized spacial score (nSPS) is 11.5. The second kappa shape index (κ2) is 4.21. The van der Waals surface area contributed by atoms with Crippen LogP contribution in [0.4, 0.5) is 13.2 Å². The lowest BCUT2D eigenvalue weighted by Gasteiger charge is -2.11. The second-order valence-corrected chi connectivity index (χ2v) is 3.58. The molecule has 0 fully saturated rings. The van der Waals surface area contributed by atoms with Gasteiger partial charge in [-0.15, -0.1) is 0 Å². The molecule has 0 spiro atoms. The zero-order valence-corrected chi connectivity index (χ0v) is 8.86. The molecular weight excluding hydrogens is 249 g/mol. The molecule has 0 saturated carbocycles. The van der Waals surface area contributed by atoms with Crippen molar-refractivity contribution in [3.63, 3.8) is 0 Å². The van der Waals surface area contributed by atoms with Crippen molar-refractivity contribution in [1.82, 2.24) is 0 Å². The molecule has 2 aromatic rings. The van der Waals surface area contributed by atoms with Gasteiger partial charge in [0.05, 0.1) is 23.7 Å². The number of halogens is 3. The number of benzene rings is 1. The van der Waals surface area contributed by atoms with Gasteiger partial charge >= 0.3 is 12.1 Å². The van der Waals surface area contributed by atoms with Crippen molar-refractivity contribution in [2.75, 3.05) is 0 Å². The molecule has 0 atom stereocenters. The number of hydrogen-bond donors (Lipinski definition) is 1. The van der Waals surface area contributed by atoms with E-state index in [2.05, 4.69) is 0 Å². The predicted octanol–water partition coefficient (Wildman–Crippen LogP) is 3.66. The Kier molecular flexibility index (Phi) is 2.86. The lowest BCUT2D eigenvalue weighted by atomic mass is 10.0. The van der Waals surface area contributed by atoms with Gasteiger partial charge in [-0.25, -0.2) is 4.79 Å². The molecule has 6 heteroatoms. The molecule has 0 aliphatic rings. The standard InChI is InChI=1S/C12H7F3O3/c13-12(14,15)10-5-7(8-3-4-18-6-8)1-2-9(10)11(16)17/h1-6H,(H,16,17). The van der Waals surface area contributed by atoms with Gasteiger partial charge in [0.25, 0.3) is 0 Å². The highest BCUT2D eigenvalue weighted by Crippen LogP contribution is 2.35. The van der Waals surface area contributed by atoms with Crippen LogP contribution in [0.5, 0.6) is 0 Å². The van der Waals surface area contributed by atoms with Crippen LogP contribution >= 0.6 is 0 Å². The summed E-state index contributed by atoms with van der Waals surface area (Å²) in [5, 5.41) is 8.73. The maximum Gasteiger partial charge on any atom is 0.417 e. The van der Waals surface area contributed by atoms with E-state index in [1.54, 1.807) is 0 Å². The Morgan fingerprint density at radius 2 is 1.89 bits per heavy atom. The van der Waals surface area contributed by atoms with Crippen LogP contribution in [-0.4, -0.2) is 11.1 Å². The summed E-state index contributed by atoms with van der Waals surface area (Å²) in [6.07, 6.45) is -2.10. The highest BCUT2D eigenvalue weighted by molar-refractivity contribution is 5.90. The molecule has 1 aromatic carbocycles. The SMILES string of the molecule is O=C(O)c1ccc(-c2ccoc2)cc1C(F)(F)F. The van der Waals surface area contributed by atoms with Crippen LogP contribution in [0.15, 0.2) is 41.2 Å². The van der Waals surface area contributed by atoms with Crippen molar-refractivity contribution >= 4 is 5.97 Å². The number of alkyl halides is 3. The molecule has 0 unspecified atom stereocenters. The molecular formula is C12H7F3O3. The van der Waals surface area contributed by atoms with Crippen molar-refractivity contribution < 1.29 is 27.5 Å². The molecule has 0 bridgehead atoms. The van der Waals surface area contributed by atoms with E-state index in [4.69, 9.17) is 9.52 Å². The molecule has 3 nitrogen and oxygen atoms in total. The first kappa shape index (κ1) is 12.2. The van der Waals surface area contributed by atoms with E-state index in [0.29, 0.717) is 5.56 Å². The molecule has 0 amide bonds. The summed E-state index contributed by atoms with van der Waals surface area (Å²) in [7, 11) is 0. The monoisotopic (exact) mass is 256 g/mol. The van der Waals surface area contributed by atoms with E-state index in [9.17, 15) is 18.0 Å². The number of carbonyl (C=O) groups is 1. The Hall–Kier alpha value is -2.24. The van der Waals surface area contributed by atoms with Crippen LogP contribution in [0.3, 0.4) is 0 Å². The van der Waals surface area contributed by atoms with Gasteiger partial charge in [0.2, 0.25) is 0 Å². The Bertz CT molecular complexity index is 571. The Labute approximate surface area is 99.5 Å². The van der Waals surface area contributed by atoms with Crippen LogP contribution in [0.1, 0.15) is 15.9 Å². The molecule has 1 aromatic heterocycles. The average Bonchev–Trinajstić information content (AvgIpc) is 2.80. The van der Waals surface area contributed by atoms with Crippen molar-refractivity contribution in [3.05, 3.63) is 47.9 Å². The zero-order valence-electron chi connectivity index (χ0n) is 8.86. The van der Waals surface area contributed by atoms with E-state index in [1.165, 1.54) is 24.7 Å². The molecule has 0 saturated heterocycles. The van der Waals surface area contributed by atoms with Gasteiger partial charge in [0.1, 0.15) is 0 Å². The van der Waals surface area contributed by atoms with Crippen LogP contribution in [0.2, 0.25) is 0 Å². The van der Waals surface area contributed by atoms with E-state index in [1.807, 2.05) is 0 Å². The summed E-state index contributed by atoms with van der Waals surface area (Å²) < 4.78 is 43.0.